The molecule has 0 saturated carbocycles. The van der Waals surface area contributed by atoms with Gasteiger partial charge in [0.25, 0.3) is 0 Å². The summed E-state index contributed by atoms with van der Waals surface area (Å²) in [7, 11) is 2.09. The standard InChI is InChI=1S/C25H28N/c1-16(2)22-23(21-13-9-10-14-26(21)6)17(3)15-19-18-11-7-8-12-20(18)25(4,5)24(19)22/h7-16H,1-6H3/q+1/i16D. The first kappa shape index (κ1) is 15.8. The minimum atomic E-state index is -0.701. The van der Waals surface area contributed by atoms with Gasteiger partial charge in [-0.05, 0) is 52.3 Å². The zero-order valence-corrected chi connectivity index (χ0v) is 16.6. The average Bonchev–Trinajstić information content (AvgIpc) is 2.82. The third kappa shape index (κ3) is 2.26. The number of hydrogen-bond donors (Lipinski definition) is 0. The fourth-order valence-electron chi connectivity index (χ4n) is 4.69. The van der Waals surface area contributed by atoms with Crippen molar-refractivity contribution in [1.82, 2.24) is 0 Å². The van der Waals surface area contributed by atoms with Crippen LogP contribution in [0.3, 0.4) is 0 Å². The summed E-state index contributed by atoms with van der Waals surface area (Å²) in [5, 5.41) is 0. The molecule has 1 heteroatoms. The van der Waals surface area contributed by atoms with E-state index < -0.39 is 5.89 Å². The highest BCUT2D eigenvalue weighted by atomic mass is 14.9. The normalized spacial score (nSPS) is 15.4. The highest BCUT2D eigenvalue weighted by Crippen LogP contribution is 2.53. The topological polar surface area (TPSA) is 3.88 Å². The van der Waals surface area contributed by atoms with E-state index in [1.54, 1.807) is 0 Å². The van der Waals surface area contributed by atoms with Gasteiger partial charge in [-0.15, -0.1) is 0 Å². The van der Waals surface area contributed by atoms with Crippen LogP contribution in [-0.2, 0) is 12.5 Å². The van der Waals surface area contributed by atoms with Crippen molar-refractivity contribution in [3.63, 3.8) is 0 Å². The monoisotopic (exact) mass is 343 g/mol. The molecule has 0 saturated heterocycles. The number of rotatable bonds is 2. The van der Waals surface area contributed by atoms with Gasteiger partial charge >= 0.3 is 0 Å². The van der Waals surface area contributed by atoms with E-state index in [0.29, 0.717) is 0 Å². The predicted molar refractivity (Wildman–Crippen MR) is 109 cm³/mol. The molecule has 0 N–H and O–H groups in total. The molecule has 0 atom stereocenters. The molecule has 2 aromatic carbocycles. The lowest BCUT2D eigenvalue weighted by Crippen LogP contribution is -2.31. The molecule has 1 aromatic heterocycles. The Hall–Kier alpha value is -2.41. The van der Waals surface area contributed by atoms with Gasteiger partial charge in [0.15, 0.2) is 6.20 Å². The molecule has 0 spiro atoms. The molecule has 26 heavy (non-hydrogen) atoms. The molecule has 0 aliphatic heterocycles. The van der Waals surface area contributed by atoms with Gasteiger partial charge < -0.3 is 0 Å². The first-order valence-electron chi connectivity index (χ1n) is 9.87. The van der Waals surface area contributed by atoms with Gasteiger partial charge in [-0.3, -0.25) is 0 Å². The maximum absolute atomic E-state index is 9.07. The van der Waals surface area contributed by atoms with Crippen molar-refractivity contribution in [2.24, 2.45) is 7.05 Å². The molecule has 4 rings (SSSR count). The smallest absolute Gasteiger partial charge is 0.201 e. The number of fused-ring (bicyclic) bond motifs is 3. The summed E-state index contributed by atoms with van der Waals surface area (Å²) in [5.74, 6) is -0.701. The summed E-state index contributed by atoms with van der Waals surface area (Å²) >= 11 is 0. The van der Waals surface area contributed by atoms with Crippen molar-refractivity contribution in [1.29, 1.82) is 0 Å². The Kier molecular flexibility index (Phi) is 3.53. The second-order valence-corrected chi connectivity index (χ2v) is 8.23. The summed E-state index contributed by atoms with van der Waals surface area (Å²) in [5.41, 5.74) is 9.93. The summed E-state index contributed by atoms with van der Waals surface area (Å²) in [6.07, 6.45) is 2.09. The van der Waals surface area contributed by atoms with Crippen molar-refractivity contribution >= 4 is 0 Å². The van der Waals surface area contributed by atoms with Crippen LogP contribution in [0.25, 0.3) is 22.4 Å². The van der Waals surface area contributed by atoms with E-state index in [4.69, 9.17) is 1.37 Å². The maximum atomic E-state index is 9.07. The molecule has 1 aliphatic carbocycles. The fraction of sp³-hybridized carbons (Fsp3) is 0.320. The van der Waals surface area contributed by atoms with Crippen LogP contribution in [0.2, 0.25) is 0 Å². The van der Waals surface area contributed by atoms with E-state index in [2.05, 4.69) is 87.1 Å². The molecule has 0 fully saturated rings. The number of aromatic nitrogens is 1. The molecule has 0 unspecified atom stereocenters. The quantitative estimate of drug-likeness (QED) is 0.509. The third-order valence-electron chi connectivity index (χ3n) is 5.85. The van der Waals surface area contributed by atoms with Crippen LogP contribution in [-0.4, -0.2) is 0 Å². The van der Waals surface area contributed by atoms with Gasteiger partial charge in [-0.1, -0.05) is 58.0 Å². The molecular weight excluding hydrogens is 314 g/mol. The first-order chi connectivity index (χ1) is 12.6. The van der Waals surface area contributed by atoms with E-state index in [1.807, 2.05) is 13.8 Å². The van der Waals surface area contributed by atoms with Crippen LogP contribution >= 0.6 is 0 Å². The first-order valence-corrected chi connectivity index (χ1v) is 9.37. The molecule has 1 nitrogen and oxygen atoms in total. The molecule has 0 radical (unpaired) electrons. The molecule has 1 heterocycles. The van der Waals surface area contributed by atoms with Crippen molar-refractivity contribution in [2.45, 2.75) is 45.9 Å². The highest BCUT2D eigenvalue weighted by molar-refractivity contribution is 5.87. The van der Waals surface area contributed by atoms with Crippen LogP contribution in [0.4, 0.5) is 0 Å². The van der Waals surface area contributed by atoms with E-state index in [9.17, 15) is 0 Å². The van der Waals surface area contributed by atoms with Crippen molar-refractivity contribution in [2.75, 3.05) is 0 Å². The third-order valence-corrected chi connectivity index (χ3v) is 5.85. The lowest BCUT2D eigenvalue weighted by Gasteiger charge is -2.28. The van der Waals surface area contributed by atoms with Crippen LogP contribution < -0.4 is 4.57 Å². The maximum Gasteiger partial charge on any atom is 0.212 e. The van der Waals surface area contributed by atoms with Crippen molar-refractivity contribution in [3.05, 3.63) is 77.0 Å². The summed E-state index contributed by atoms with van der Waals surface area (Å²) in [4.78, 5) is 0. The molecule has 3 aromatic rings. The van der Waals surface area contributed by atoms with Gasteiger partial charge in [0.1, 0.15) is 7.05 Å². The van der Waals surface area contributed by atoms with E-state index in [0.717, 1.165) is 5.56 Å². The molecular formula is C25H28N+. The number of pyridine rings is 1. The Morgan fingerprint density at radius 3 is 2.38 bits per heavy atom. The van der Waals surface area contributed by atoms with E-state index >= 15 is 0 Å². The Labute approximate surface area is 158 Å². The molecule has 132 valence electrons. The Bertz CT molecular complexity index is 1050. The van der Waals surface area contributed by atoms with Crippen molar-refractivity contribution < 1.29 is 5.94 Å². The fourth-order valence-corrected chi connectivity index (χ4v) is 4.69. The Morgan fingerprint density at radius 2 is 1.69 bits per heavy atom. The lowest BCUT2D eigenvalue weighted by molar-refractivity contribution is -0.660. The predicted octanol–water partition coefficient (Wildman–Crippen LogP) is 5.92. The molecule has 0 bridgehead atoms. The van der Waals surface area contributed by atoms with Gasteiger partial charge in [0.05, 0.1) is 5.56 Å². The van der Waals surface area contributed by atoms with Crippen LogP contribution in [0.1, 0.15) is 57.2 Å². The summed E-state index contributed by atoms with van der Waals surface area (Å²) < 4.78 is 11.2. The Morgan fingerprint density at radius 1 is 1.00 bits per heavy atom. The lowest BCUT2D eigenvalue weighted by atomic mass is 9.75. The number of nitrogens with zero attached hydrogens (tertiary/aromatic N) is 1. The largest absolute Gasteiger partial charge is 0.212 e. The minimum absolute atomic E-state index is 0.116. The zero-order chi connectivity index (χ0) is 19.6. The van der Waals surface area contributed by atoms with Gasteiger partial charge in [0.2, 0.25) is 5.69 Å². The number of hydrogen-bond acceptors (Lipinski definition) is 0. The second kappa shape index (κ2) is 5.81. The van der Waals surface area contributed by atoms with Crippen molar-refractivity contribution in [3.8, 4) is 22.4 Å². The van der Waals surface area contributed by atoms with Gasteiger partial charge in [-0.25, -0.2) is 4.57 Å². The molecule has 1 aliphatic rings. The van der Waals surface area contributed by atoms with Crippen LogP contribution in [0.15, 0.2) is 54.7 Å². The SMILES string of the molecule is [2H]C(C)(C)c1c(-c2cccc[n+]2C)c(C)cc2c1C(C)(C)c1ccccc1-2. The van der Waals surface area contributed by atoms with E-state index in [-0.39, 0.29) is 5.41 Å². The van der Waals surface area contributed by atoms with Gasteiger partial charge in [-0.2, -0.15) is 0 Å². The van der Waals surface area contributed by atoms with Crippen LogP contribution in [0, 0.1) is 6.92 Å². The Balaban J connectivity index is 2.18. The van der Waals surface area contributed by atoms with Gasteiger partial charge in [0, 0.05) is 18.9 Å². The molecule has 0 amide bonds. The van der Waals surface area contributed by atoms with E-state index in [1.165, 1.54) is 39.1 Å². The van der Waals surface area contributed by atoms with Crippen LogP contribution in [0.5, 0.6) is 0 Å². The second-order valence-electron chi connectivity index (χ2n) is 8.23. The average molecular weight is 344 g/mol. The number of aryl methyl sites for hydroxylation is 2. The summed E-state index contributed by atoms with van der Waals surface area (Å²) in [6.45, 7) is 10.8. The minimum Gasteiger partial charge on any atom is -0.201 e. The zero-order valence-electron chi connectivity index (χ0n) is 17.6. The number of benzene rings is 2. The summed E-state index contributed by atoms with van der Waals surface area (Å²) in [6, 6.07) is 17.4. The highest BCUT2D eigenvalue weighted by Gasteiger charge is 2.39.